The van der Waals surface area contributed by atoms with Crippen molar-refractivity contribution in [2.75, 3.05) is 0 Å². The van der Waals surface area contributed by atoms with Gasteiger partial charge < -0.3 is 14.9 Å². The SMILES string of the molecule is Cc1ccccc1OCc1ccc(CC(C)N)o1. The number of hydrogen-bond acceptors (Lipinski definition) is 3. The Morgan fingerprint density at radius 1 is 1.17 bits per heavy atom. The average molecular weight is 245 g/mol. The molecule has 1 aromatic carbocycles. The number of nitrogens with two attached hydrogens (primary N) is 1. The Kier molecular flexibility index (Phi) is 4.05. The van der Waals surface area contributed by atoms with Crippen molar-refractivity contribution < 1.29 is 9.15 Å². The summed E-state index contributed by atoms with van der Waals surface area (Å²) in [6.45, 7) is 4.44. The van der Waals surface area contributed by atoms with Crippen LogP contribution in [0.2, 0.25) is 0 Å². The Hall–Kier alpha value is -1.74. The molecule has 18 heavy (non-hydrogen) atoms. The fraction of sp³-hybridized carbons (Fsp3) is 0.333. The molecular formula is C15H19NO2. The van der Waals surface area contributed by atoms with Gasteiger partial charge in [0.25, 0.3) is 0 Å². The molecule has 0 bridgehead atoms. The van der Waals surface area contributed by atoms with Gasteiger partial charge in [-0.05, 0) is 37.6 Å². The Bertz CT molecular complexity index is 503. The van der Waals surface area contributed by atoms with Gasteiger partial charge in [-0.15, -0.1) is 0 Å². The first-order valence-corrected chi connectivity index (χ1v) is 6.17. The van der Waals surface area contributed by atoms with Crippen LogP contribution in [0.3, 0.4) is 0 Å². The highest BCUT2D eigenvalue weighted by Gasteiger charge is 2.06. The van der Waals surface area contributed by atoms with Gasteiger partial charge in [0.1, 0.15) is 23.9 Å². The van der Waals surface area contributed by atoms with Gasteiger partial charge in [0.05, 0.1) is 0 Å². The van der Waals surface area contributed by atoms with Crippen LogP contribution in [-0.4, -0.2) is 6.04 Å². The fourth-order valence-electron chi connectivity index (χ4n) is 1.79. The minimum atomic E-state index is 0.112. The Labute approximate surface area is 108 Å². The average Bonchev–Trinajstić information content (AvgIpc) is 2.75. The van der Waals surface area contributed by atoms with E-state index in [2.05, 4.69) is 0 Å². The van der Waals surface area contributed by atoms with Crippen molar-refractivity contribution in [2.45, 2.75) is 32.9 Å². The molecule has 1 unspecified atom stereocenters. The molecule has 96 valence electrons. The topological polar surface area (TPSA) is 48.4 Å². The van der Waals surface area contributed by atoms with E-state index in [0.29, 0.717) is 6.61 Å². The van der Waals surface area contributed by atoms with E-state index >= 15 is 0 Å². The van der Waals surface area contributed by atoms with E-state index in [1.165, 1.54) is 0 Å². The number of rotatable bonds is 5. The summed E-state index contributed by atoms with van der Waals surface area (Å²) >= 11 is 0. The first-order valence-electron chi connectivity index (χ1n) is 6.17. The van der Waals surface area contributed by atoms with Crippen molar-refractivity contribution in [3.05, 3.63) is 53.5 Å². The molecule has 2 aromatic rings. The summed E-state index contributed by atoms with van der Waals surface area (Å²) < 4.78 is 11.4. The lowest BCUT2D eigenvalue weighted by atomic mass is 10.2. The van der Waals surface area contributed by atoms with E-state index in [1.807, 2.05) is 50.2 Å². The van der Waals surface area contributed by atoms with E-state index in [4.69, 9.17) is 14.9 Å². The van der Waals surface area contributed by atoms with E-state index in [-0.39, 0.29) is 6.04 Å². The van der Waals surface area contributed by atoms with E-state index in [0.717, 1.165) is 29.3 Å². The van der Waals surface area contributed by atoms with E-state index in [1.54, 1.807) is 0 Å². The zero-order valence-electron chi connectivity index (χ0n) is 10.8. The Morgan fingerprint density at radius 2 is 1.89 bits per heavy atom. The molecular weight excluding hydrogens is 226 g/mol. The molecule has 0 saturated carbocycles. The molecule has 3 heteroatoms. The van der Waals surface area contributed by atoms with Crippen molar-refractivity contribution in [3.63, 3.8) is 0 Å². The van der Waals surface area contributed by atoms with Crippen LogP contribution in [0.15, 0.2) is 40.8 Å². The second kappa shape index (κ2) is 5.74. The minimum absolute atomic E-state index is 0.112. The number of aryl methyl sites for hydroxylation is 1. The molecule has 1 heterocycles. The normalized spacial score (nSPS) is 12.4. The van der Waals surface area contributed by atoms with Gasteiger partial charge in [-0.3, -0.25) is 0 Å². The first-order chi connectivity index (χ1) is 8.65. The van der Waals surface area contributed by atoms with Gasteiger partial charge in [0.15, 0.2) is 0 Å². The molecule has 0 radical (unpaired) electrons. The second-order valence-electron chi connectivity index (χ2n) is 4.60. The fourth-order valence-corrected chi connectivity index (χ4v) is 1.79. The molecule has 0 fully saturated rings. The second-order valence-corrected chi connectivity index (χ2v) is 4.60. The standard InChI is InChI=1S/C15H19NO2/c1-11-5-3-4-6-15(11)17-10-14-8-7-13(18-14)9-12(2)16/h3-8,12H,9-10,16H2,1-2H3. The zero-order valence-corrected chi connectivity index (χ0v) is 10.8. The van der Waals surface area contributed by atoms with Crippen LogP contribution in [0.4, 0.5) is 0 Å². The van der Waals surface area contributed by atoms with Gasteiger partial charge in [-0.25, -0.2) is 0 Å². The lowest BCUT2D eigenvalue weighted by molar-refractivity contribution is 0.264. The third kappa shape index (κ3) is 3.37. The van der Waals surface area contributed by atoms with Crippen LogP contribution in [-0.2, 0) is 13.0 Å². The van der Waals surface area contributed by atoms with Crippen LogP contribution in [0.25, 0.3) is 0 Å². The van der Waals surface area contributed by atoms with Crippen molar-refractivity contribution in [1.29, 1.82) is 0 Å². The summed E-state index contributed by atoms with van der Waals surface area (Å²) in [6.07, 6.45) is 0.754. The highest BCUT2D eigenvalue weighted by atomic mass is 16.5. The minimum Gasteiger partial charge on any atom is -0.485 e. The summed E-state index contributed by atoms with van der Waals surface area (Å²) in [4.78, 5) is 0. The van der Waals surface area contributed by atoms with Crippen molar-refractivity contribution in [3.8, 4) is 5.75 Å². The smallest absolute Gasteiger partial charge is 0.146 e. The van der Waals surface area contributed by atoms with Crippen molar-refractivity contribution >= 4 is 0 Å². The molecule has 0 aliphatic heterocycles. The molecule has 2 N–H and O–H groups in total. The number of ether oxygens (including phenoxy) is 1. The summed E-state index contributed by atoms with van der Waals surface area (Å²) in [5.41, 5.74) is 6.85. The maximum absolute atomic E-state index is 5.73. The first kappa shape index (κ1) is 12.7. The number of furan rings is 1. The Balaban J connectivity index is 1.94. The highest BCUT2D eigenvalue weighted by Crippen LogP contribution is 2.18. The quantitative estimate of drug-likeness (QED) is 0.880. The van der Waals surface area contributed by atoms with Gasteiger partial charge in [-0.2, -0.15) is 0 Å². The largest absolute Gasteiger partial charge is 0.485 e. The number of benzene rings is 1. The molecule has 0 amide bonds. The highest BCUT2D eigenvalue weighted by molar-refractivity contribution is 5.31. The lowest BCUT2D eigenvalue weighted by Gasteiger charge is -2.07. The van der Waals surface area contributed by atoms with Crippen molar-refractivity contribution in [1.82, 2.24) is 0 Å². The van der Waals surface area contributed by atoms with Gasteiger partial charge in [-0.1, -0.05) is 18.2 Å². The molecule has 0 spiro atoms. The summed E-state index contributed by atoms with van der Waals surface area (Å²) in [7, 11) is 0. The maximum atomic E-state index is 5.73. The van der Waals surface area contributed by atoms with E-state index in [9.17, 15) is 0 Å². The zero-order chi connectivity index (χ0) is 13.0. The van der Waals surface area contributed by atoms with Crippen LogP contribution < -0.4 is 10.5 Å². The third-order valence-electron chi connectivity index (χ3n) is 2.70. The molecule has 1 aromatic heterocycles. The number of para-hydroxylation sites is 1. The molecule has 0 aliphatic rings. The van der Waals surface area contributed by atoms with Gasteiger partial charge in [0.2, 0.25) is 0 Å². The summed E-state index contributed by atoms with van der Waals surface area (Å²) in [6, 6.07) is 12.0. The van der Waals surface area contributed by atoms with Crippen LogP contribution in [0.1, 0.15) is 24.0 Å². The third-order valence-corrected chi connectivity index (χ3v) is 2.70. The molecule has 1 atom stereocenters. The summed E-state index contributed by atoms with van der Waals surface area (Å²) in [5.74, 6) is 2.63. The Morgan fingerprint density at radius 3 is 2.61 bits per heavy atom. The van der Waals surface area contributed by atoms with Gasteiger partial charge >= 0.3 is 0 Å². The van der Waals surface area contributed by atoms with E-state index < -0.39 is 0 Å². The molecule has 3 nitrogen and oxygen atoms in total. The monoisotopic (exact) mass is 245 g/mol. The predicted octanol–water partition coefficient (Wildman–Crippen LogP) is 3.06. The van der Waals surface area contributed by atoms with Crippen LogP contribution in [0.5, 0.6) is 5.75 Å². The predicted molar refractivity (Wildman–Crippen MR) is 71.6 cm³/mol. The number of hydrogen-bond donors (Lipinski definition) is 1. The van der Waals surface area contributed by atoms with Crippen LogP contribution in [0, 0.1) is 6.92 Å². The molecule has 2 rings (SSSR count). The summed E-state index contributed by atoms with van der Waals surface area (Å²) in [5, 5.41) is 0. The molecule has 0 aliphatic carbocycles. The van der Waals surface area contributed by atoms with Crippen molar-refractivity contribution in [2.24, 2.45) is 5.73 Å². The van der Waals surface area contributed by atoms with Crippen LogP contribution >= 0.6 is 0 Å². The van der Waals surface area contributed by atoms with Gasteiger partial charge in [0, 0.05) is 12.5 Å². The molecule has 0 saturated heterocycles. The lowest BCUT2D eigenvalue weighted by Crippen LogP contribution is -2.17. The maximum Gasteiger partial charge on any atom is 0.146 e.